The standard InChI is InChI=1S/C20H19ClN6O4/c1-2-12-26-18(28)16(24-27(20(26)30)15-6-4-3-5-7-15)17(22)25-31-19(29)23-14-10-8-13(21)9-11-14/h3-11H,2,12H2,1H3,(H2,22,25)(H,23,29). The Morgan fingerprint density at radius 2 is 1.84 bits per heavy atom. The Labute approximate surface area is 181 Å². The zero-order valence-electron chi connectivity index (χ0n) is 16.5. The smallest absolute Gasteiger partial charge is 0.379 e. The van der Waals surface area contributed by atoms with E-state index in [0.717, 1.165) is 9.25 Å². The predicted octanol–water partition coefficient (Wildman–Crippen LogP) is 2.33. The van der Waals surface area contributed by atoms with Gasteiger partial charge < -0.3 is 5.73 Å². The summed E-state index contributed by atoms with van der Waals surface area (Å²) in [6, 6.07) is 14.8. The number of oxime groups is 1. The van der Waals surface area contributed by atoms with E-state index in [-0.39, 0.29) is 12.2 Å². The van der Waals surface area contributed by atoms with Crippen LogP contribution in [0.2, 0.25) is 5.02 Å². The molecule has 31 heavy (non-hydrogen) atoms. The number of anilines is 1. The monoisotopic (exact) mass is 442 g/mol. The van der Waals surface area contributed by atoms with E-state index < -0.39 is 23.2 Å². The van der Waals surface area contributed by atoms with Crippen molar-refractivity contribution < 1.29 is 9.63 Å². The molecule has 1 amide bonds. The normalized spacial score (nSPS) is 11.2. The molecule has 0 aliphatic heterocycles. The van der Waals surface area contributed by atoms with Crippen LogP contribution in [0, 0.1) is 0 Å². The van der Waals surface area contributed by atoms with Gasteiger partial charge in [0.1, 0.15) is 0 Å². The maximum atomic E-state index is 12.7. The van der Waals surface area contributed by atoms with Crippen LogP contribution in [0.3, 0.4) is 0 Å². The van der Waals surface area contributed by atoms with Crippen molar-refractivity contribution in [1.29, 1.82) is 0 Å². The second kappa shape index (κ2) is 9.72. The molecule has 0 bridgehead atoms. The molecule has 1 aromatic heterocycles. The number of benzene rings is 2. The summed E-state index contributed by atoms with van der Waals surface area (Å²) in [5.74, 6) is -0.453. The van der Waals surface area contributed by atoms with Crippen LogP contribution in [0.15, 0.2) is 69.3 Å². The number of carbonyl (C=O) groups excluding carboxylic acids is 1. The molecule has 0 spiro atoms. The topological polar surface area (TPSA) is 134 Å². The molecule has 0 aliphatic carbocycles. The average Bonchev–Trinajstić information content (AvgIpc) is 2.77. The SMILES string of the molecule is CCCn1c(=O)c(/C(N)=N\OC(=O)Nc2ccc(Cl)cc2)nn(-c2ccccc2)c1=O. The number of aromatic nitrogens is 3. The molecular weight excluding hydrogens is 424 g/mol. The van der Waals surface area contributed by atoms with E-state index >= 15 is 0 Å². The number of amidine groups is 1. The first-order valence-corrected chi connectivity index (χ1v) is 9.65. The van der Waals surface area contributed by atoms with E-state index in [1.54, 1.807) is 54.6 Å². The molecule has 0 atom stereocenters. The highest BCUT2D eigenvalue weighted by Crippen LogP contribution is 2.13. The van der Waals surface area contributed by atoms with Crippen LogP contribution < -0.4 is 22.3 Å². The molecule has 2 aromatic carbocycles. The minimum atomic E-state index is -0.935. The number of nitrogens with zero attached hydrogens (tertiary/aromatic N) is 4. The quantitative estimate of drug-likeness (QED) is 0.260. The second-order valence-corrected chi connectivity index (χ2v) is 6.76. The first-order valence-electron chi connectivity index (χ1n) is 9.27. The van der Waals surface area contributed by atoms with E-state index in [1.165, 1.54) is 0 Å². The molecule has 3 N–H and O–H groups in total. The number of nitrogens with one attached hydrogen (secondary N) is 1. The minimum Gasteiger partial charge on any atom is -0.379 e. The zero-order valence-corrected chi connectivity index (χ0v) is 17.2. The van der Waals surface area contributed by atoms with E-state index in [2.05, 4.69) is 15.6 Å². The highest BCUT2D eigenvalue weighted by molar-refractivity contribution is 6.30. The van der Waals surface area contributed by atoms with Crippen LogP contribution in [0.5, 0.6) is 0 Å². The van der Waals surface area contributed by atoms with Gasteiger partial charge in [-0.25, -0.2) is 9.59 Å². The van der Waals surface area contributed by atoms with Gasteiger partial charge in [-0.05, 0) is 42.8 Å². The predicted molar refractivity (Wildman–Crippen MR) is 117 cm³/mol. The largest absolute Gasteiger partial charge is 0.437 e. The Bertz CT molecular complexity index is 1220. The van der Waals surface area contributed by atoms with Gasteiger partial charge in [-0.15, -0.1) is 0 Å². The molecule has 10 nitrogen and oxygen atoms in total. The molecule has 160 valence electrons. The molecule has 0 unspecified atom stereocenters. The van der Waals surface area contributed by atoms with Crippen molar-refractivity contribution in [3.63, 3.8) is 0 Å². The lowest BCUT2D eigenvalue weighted by atomic mass is 10.3. The summed E-state index contributed by atoms with van der Waals surface area (Å²) in [4.78, 5) is 42.1. The summed E-state index contributed by atoms with van der Waals surface area (Å²) in [6.07, 6.45) is -0.403. The van der Waals surface area contributed by atoms with Gasteiger partial charge in [-0.1, -0.05) is 41.9 Å². The first-order chi connectivity index (χ1) is 14.9. The first kappa shape index (κ1) is 21.8. The number of rotatable bonds is 6. The molecule has 0 saturated carbocycles. The van der Waals surface area contributed by atoms with Crippen molar-refractivity contribution in [1.82, 2.24) is 14.3 Å². The molecule has 0 saturated heterocycles. The van der Waals surface area contributed by atoms with Crippen LogP contribution >= 0.6 is 11.6 Å². The Morgan fingerprint density at radius 3 is 2.48 bits per heavy atom. The molecule has 0 radical (unpaired) electrons. The summed E-state index contributed by atoms with van der Waals surface area (Å²) in [7, 11) is 0. The molecule has 0 aliphatic rings. The molecule has 3 rings (SSSR count). The van der Waals surface area contributed by atoms with E-state index in [9.17, 15) is 14.4 Å². The van der Waals surface area contributed by atoms with Crippen LogP contribution in [0.25, 0.3) is 5.69 Å². The Hall–Kier alpha value is -3.92. The van der Waals surface area contributed by atoms with Crippen LogP contribution in [0.4, 0.5) is 10.5 Å². The minimum absolute atomic E-state index is 0.158. The lowest BCUT2D eigenvalue weighted by Crippen LogP contribution is -2.45. The van der Waals surface area contributed by atoms with E-state index in [0.29, 0.717) is 22.8 Å². The average molecular weight is 443 g/mol. The summed E-state index contributed by atoms with van der Waals surface area (Å²) < 4.78 is 2.05. The lowest BCUT2D eigenvalue weighted by molar-refractivity contribution is 0.166. The number of amides is 1. The van der Waals surface area contributed by atoms with Crippen LogP contribution in [0.1, 0.15) is 19.0 Å². The van der Waals surface area contributed by atoms with Crippen molar-refractivity contribution in [3.05, 3.63) is 86.2 Å². The second-order valence-electron chi connectivity index (χ2n) is 6.32. The zero-order chi connectivity index (χ0) is 22.4. The number of nitrogens with two attached hydrogens (primary N) is 1. The van der Waals surface area contributed by atoms with Gasteiger partial charge in [-0.3, -0.25) is 19.5 Å². The Kier molecular flexibility index (Phi) is 6.83. The maximum absolute atomic E-state index is 12.7. The van der Waals surface area contributed by atoms with Crippen molar-refractivity contribution in [2.75, 3.05) is 5.32 Å². The van der Waals surface area contributed by atoms with Crippen LogP contribution in [-0.2, 0) is 11.4 Å². The van der Waals surface area contributed by atoms with Gasteiger partial charge in [0, 0.05) is 17.3 Å². The molecular formula is C20H19ClN6O4. The number of hydrogen-bond acceptors (Lipinski definition) is 6. The summed E-state index contributed by atoms with van der Waals surface area (Å²) in [6.45, 7) is 1.98. The fourth-order valence-electron chi connectivity index (χ4n) is 2.64. The van der Waals surface area contributed by atoms with Crippen molar-refractivity contribution in [3.8, 4) is 5.69 Å². The van der Waals surface area contributed by atoms with Crippen molar-refractivity contribution in [2.24, 2.45) is 10.9 Å². The van der Waals surface area contributed by atoms with E-state index in [4.69, 9.17) is 22.2 Å². The highest BCUT2D eigenvalue weighted by Gasteiger charge is 2.18. The summed E-state index contributed by atoms with van der Waals surface area (Å²) >= 11 is 5.79. The summed E-state index contributed by atoms with van der Waals surface area (Å²) in [5, 5.41) is 10.5. The van der Waals surface area contributed by atoms with Gasteiger partial charge >= 0.3 is 11.8 Å². The van der Waals surface area contributed by atoms with Crippen LogP contribution in [-0.4, -0.2) is 26.3 Å². The van der Waals surface area contributed by atoms with Gasteiger partial charge in [0.05, 0.1) is 5.69 Å². The van der Waals surface area contributed by atoms with Gasteiger partial charge in [-0.2, -0.15) is 9.78 Å². The molecule has 3 aromatic rings. The fourth-order valence-corrected chi connectivity index (χ4v) is 2.77. The number of halogens is 1. The van der Waals surface area contributed by atoms with Crippen molar-refractivity contribution >= 4 is 29.2 Å². The Balaban J connectivity index is 1.92. The molecule has 0 fully saturated rings. The number of hydrogen-bond donors (Lipinski definition) is 2. The third-order valence-electron chi connectivity index (χ3n) is 4.07. The Morgan fingerprint density at radius 1 is 1.16 bits per heavy atom. The highest BCUT2D eigenvalue weighted by atomic mass is 35.5. The summed E-state index contributed by atoms with van der Waals surface area (Å²) in [5.41, 5.74) is 5.04. The maximum Gasteiger partial charge on any atom is 0.437 e. The molecule has 1 heterocycles. The van der Waals surface area contributed by atoms with Gasteiger partial charge in [0.15, 0.2) is 11.5 Å². The molecule has 11 heteroatoms. The van der Waals surface area contributed by atoms with Crippen molar-refractivity contribution in [2.45, 2.75) is 19.9 Å². The van der Waals surface area contributed by atoms with Gasteiger partial charge in [0.2, 0.25) is 0 Å². The fraction of sp³-hybridized carbons (Fsp3) is 0.150. The number of para-hydroxylation sites is 1. The van der Waals surface area contributed by atoms with E-state index in [1.807, 2.05) is 6.92 Å². The number of carbonyl (C=O) groups is 1. The lowest BCUT2D eigenvalue weighted by Gasteiger charge is -2.11. The third-order valence-corrected chi connectivity index (χ3v) is 4.32. The van der Waals surface area contributed by atoms with Gasteiger partial charge in [0.25, 0.3) is 5.56 Å². The third kappa shape index (κ3) is 5.17.